The average Bonchev–Trinajstić information content (AvgIpc) is 2.30. The minimum Gasteiger partial charge on any atom is -0.377 e. The highest BCUT2D eigenvalue weighted by Crippen LogP contribution is 2.14. The molecule has 0 aromatic rings. The summed E-state index contributed by atoms with van der Waals surface area (Å²) in [6.45, 7) is 6.39. The van der Waals surface area contributed by atoms with Gasteiger partial charge in [0.05, 0.1) is 6.10 Å². The average molecular weight is 242 g/mol. The van der Waals surface area contributed by atoms with Gasteiger partial charge in [-0.3, -0.25) is 0 Å². The van der Waals surface area contributed by atoms with Gasteiger partial charge in [0.2, 0.25) is 0 Å². The van der Waals surface area contributed by atoms with Gasteiger partial charge in [-0.2, -0.15) is 0 Å². The van der Waals surface area contributed by atoms with E-state index in [2.05, 4.69) is 18.9 Å². The molecule has 3 heteroatoms. The fraction of sp³-hybridized carbons (Fsp3) is 1.00. The van der Waals surface area contributed by atoms with Crippen LogP contribution < -0.4 is 5.73 Å². The van der Waals surface area contributed by atoms with E-state index in [1.807, 2.05) is 0 Å². The molecular formula is C14H30N2O. The molecule has 0 aromatic carbocycles. The summed E-state index contributed by atoms with van der Waals surface area (Å²) in [5.41, 5.74) is 5.56. The largest absolute Gasteiger partial charge is 0.377 e. The van der Waals surface area contributed by atoms with Gasteiger partial charge in [-0.1, -0.05) is 6.92 Å². The van der Waals surface area contributed by atoms with Crippen molar-refractivity contribution in [3.8, 4) is 0 Å². The molecule has 0 radical (unpaired) electrons. The van der Waals surface area contributed by atoms with Crippen LogP contribution in [0.2, 0.25) is 0 Å². The quantitative estimate of drug-likeness (QED) is 0.709. The van der Waals surface area contributed by atoms with Crippen molar-refractivity contribution in [3.63, 3.8) is 0 Å². The Labute approximate surface area is 107 Å². The first-order chi connectivity index (χ1) is 8.22. The van der Waals surface area contributed by atoms with Gasteiger partial charge in [-0.25, -0.2) is 0 Å². The zero-order valence-corrected chi connectivity index (χ0v) is 11.7. The zero-order chi connectivity index (χ0) is 12.5. The van der Waals surface area contributed by atoms with Gasteiger partial charge in [-0.05, 0) is 64.6 Å². The first-order valence-electron chi connectivity index (χ1n) is 7.22. The number of hydrogen-bond donors (Lipinski definition) is 1. The van der Waals surface area contributed by atoms with Crippen molar-refractivity contribution < 1.29 is 4.74 Å². The Balaban J connectivity index is 2.02. The normalized spacial score (nSPS) is 22.9. The van der Waals surface area contributed by atoms with Crippen LogP contribution in [0.4, 0.5) is 0 Å². The Hall–Kier alpha value is -0.120. The molecule has 1 aliphatic rings. The second-order valence-corrected chi connectivity index (χ2v) is 5.58. The van der Waals surface area contributed by atoms with Gasteiger partial charge < -0.3 is 15.4 Å². The molecule has 17 heavy (non-hydrogen) atoms. The zero-order valence-electron chi connectivity index (χ0n) is 11.7. The Kier molecular flexibility index (Phi) is 7.82. The monoisotopic (exact) mass is 242 g/mol. The number of nitrogens with two attached hydrogens (primary N) is 1. The van der Waals surface area contributed by atoms with Crippen LogP contribution in [0.5, 0.6) is 0 Å². The first-order valence-corrected chi connectivity index (χ1v) is 7.22. The Morgan fingerprint density at radius 1 is 1.35 bits per heavy atom. The maximum atomic E-state index is 5.76. The van der Waals surface area contributed by atoms with Gasteiger partial charge in [0.1, 0.15) is 0 Å². The van der Waals surface area contributed by atoms with Crippen molar-refractivity contribution >= 4 is 0 Å². The van der Waals surface area contributed by atoms with Crippen molar-refractivity contribution in [1.82, 2.24) is 4.90 Å². The van der Waals surface area contributed by atoms with Crippen molar-refractivity contribution in [3.05, 3.63) is 0 Å². The van der Waals surface area contributed by atoms with Gasteiger partial charge in [-0.15, -0.1) is 0 Å². The molecule has 1 saturated heterocycles. The topological polar surface area (TPSA) is 38.5 Å². The molecule has 1 rings (SSSR count). The lowest BCUT2D eigenvalue weighted by atomic mass is 10.0. The molecule has 1 heterocycles. The molecule has 0 bridgehead atoms. The molecule has 3 nitrogen and oxygen atoms in total. The van der Waals surface area contributed by atoms with E-state index < -0.39 is 0 Å². The first kappa shape index (κ1) is 14.9. The van der Waals surface area contributed by atoms with E-state index in [9.17, 15) is 0 Å². The molecule has 1 fully saturated rings. The lowest BCUT2D eigenvalue weighted by Gasteiger charge is -2.27. The summed E-state index contributed by atoms with van der Waals surface area (Å²) in [7, 11) is 2.21. The minimum absolute atomic E-state index is 0.482. The molecule has 2 atom stereocenters. The van der Waals surface area contributed by atoms with E-state index >= 15 is 0 Å². The predicted molar refractivity (Wildman–Crippen MR) is 73.2 cm³/mol. The van der Waals surface area contributed by atoms with Crippen LogP contribution in [0.25, 0.3) is 0 Å². The maximum Gasteiger partial charge on any atom is 0.0701 e. The third-order valence-electron chi connectivity index (χ3n) is 3.69. The fourth-order valence-electron chi connectivity index (χ4n) is 2.53. The second-order valence-electron chi connectivity index (χ2n) is 5.58. The lowest BCUT2D eigenvalue weighted by molar-refractivity contribution is -0.00170. The van der Waals surface area contributed by atoms with Crippen LogP contribution in [-0.2, 0) is 4.74 Å². The van der Waals surface area contributed by atoms with Gasteiger partial charge in [0.15, 0.2) is 0 Å². The highest BCUT2D eigenvalue weighted by Gasteiger charge is 2.15. The third kappa shape index (κ3) is 7.02. The summed E-state index contributed by atoms with van der Waals surface area (Å²) in [5.74, 6) is 0.777. The van der Waals surface area contributed by atoms with Gasteiger partial charge in [0.25, 0.3) is 0 Å². The van der Waals surface area contributed by atoms with Crippen LogP contribution in [0.1, 0.15) is 45.4 Å². The van der Waals surface area contributed by atoms with E-state index in [0.29, 0.717) is 6.10 Å². The summed E-state index contributed by atoms with van der Waals surface area (Å²) in [4.78, 5) is 2.42. The molecule has 0 aliphatic carbocycles. The van der Waals surface area contributed by atoms with Crippen molar-refractivity contribution in [2.24, 2.45) is 11.7 Å². The van der Waals surface area contributed by atoms with E-state index in [-0.39, 0.29) is 0 Å². The molecule has 0 amide bonds. The molecule has 0 aromatic heterocycles. The minimum atomic E-state index is 0.482. The van der Waals surface area contributed by atoms with Crippen molar-refractivity contribution in [1.29, 1.82) is 0 Å². The summed E-state index contributed by atoms with van der Waals surface area (Å²) >= 11 is 0. The van der Waals surface area contributed by atoms with Crippen LogP contribution in [0.15, 0.2) is 0 Å². The van der Waals surface area contributed by atoms with Crippen molar-refractivity contribution in [2.75, 3.05) is 33.3 Å². The van der Waals surface area contributed by atoms with Gasteiger partial charge >= 0.3 is 0 Å². The van der Waals surface area contributed by atoms with E-state index in [4.69, 9.17) is 10.5 Å². The predicted octanol–water partition coefficient (Wildman–Crippen LogP) is 2.25. The Bertz CT molecular complexity index is 181. The fourth-order valence-corrected chi connectivity index (χ4v) is 2.53. The lowest BCUT2D eigenvalue weighted by Crippen LogP contribution is -2.34. The van der Waals surface area contributed by atoms with E-state index in [0.717, 1.165) is 32.0 Å². The van der Waals surface area contributed by atoms with Crippen LogP contribution in [0, 0.1) is 5.92 Å². The summed E-state index contributed by atoms with van der Waals surface area (Å²) < 4.78 is 5.76. The molecule has 1 aliphatic heterocycles. The smallest absolute Gasteiger partial charge is 0.0701 e. The molecule has 102 valence electrons. The highest BCUT2D eigenvalue weighted by molar-refractivity contribution is 4.68. The number of likely N-dealkylation sites (N-methyl/N-ethyl adjacent to an activating group) is 1. The maximum absolute atomic E-state index is 5.76. The molecule has 0 saturated carbocycles. The van der Waals surface area contributed by atoms with Crippen LogP contribution in [-0.4, -0.2) is 44.3 Å². The molecule has 2 N–H and O–H groups in total. The molecular weight excluding hydrogens is 212 g/mol. The third-order valence-corrected chi connectivity index (χ3v) is 3.69. The number of ether oxygens (including phenoxy) is 1. The number of nitrogens with zero attached hydrogens (tertiary/aromatic N) is 1. The summed E-state index contributed by atoms with van der Waals surface area (Å²) in [5, 5.41) is 0. The second kappa shape index (κ2) is 8.90. The number of hydrogen-bond acceptors (Lipinski definition) is 3. The Morgan fingerprint density at radius 2 is 2.18 bits per heavy atom. The van der Waals surface area contributed by atoms with Crippen molar-refractivity contribution in [2.45, 2.75) is 51.6 Å². The Morgan fingerprint density at radius 3 is 2.82 bits per heavy atom. The van der Waals surface area contributed by atoms with E-state index in [1.54, 1.807) is 0 Å². The van der Waals surface area contributed by atoms with Crippen LogP contribution in [0.3, 0.4) is 0 Å². The summed E-state index contributed by atoms with van der Waals surface area (Å²) in [6, 6.07) is 0. The SMILES string of the molecule is CC(CCN)CCCN(C)CC1CCCCO1. The highest BCUT2D eigenvalue weighted by atomic mass is 16.5. The van der Waals surface area contributed by atoms with Crippen LogP contribution >= 0.6 is 0 Å². The summed E-state index contributed by atoms with van der Waals surface area (Å²) in [6.07, 6.45) is 8.05. The molecule has 0 spiro atoms. The molecule has 2 unspecified atom stereocenters. The number of rotatable bonds is 8. The van der Waals surface area contributed by atoms with E-state index in [1.165, 1.54) is 38.6 Å². The standard InChI is InChI=1S/C14H30N2O/c1-13(8-9-15)6-5-10-16(2)12-14-7-3-4-11-17-14/h13-14H,3-12,15H2,1-2H3. The van der Waals surface area contributed by atoms with Gasteiger partial charge in [0, 0.05) is 13.2 Å².